The molecule has 0 spiro atoms. The summed E-state index contributed by atoms with van der Waals surface area (Å²) in [5.74, 6) is 1.75. The average Bonchev–Trinajstić information content (AvgIpc) is 3.37. The van der Waals surface area contributed by atoms with Gasteiger partial charge in [0.05, 0.1) is 11.4 Å². The highest BCUT2D eigenvalue weighted by Gasteiger charge is 2.23. The molecule has 6 aromatic rings. The lowest BCUT2D eigenvalue weighted by Gasteiger charge is -2.09. The van der Waals surface area contributed by atoms with E-state index in [0.29, 0.717) is 23.2 Å². The maximum atomic E-state index is 4.78. The predicted molar refractivity (Wildman–Crippen MR) is 143 cm³/mol. The zero-order valence-corrected chi connectivity index (χ0v) is 19.8. The number of benzene rings is 3. The first kappa shape index (κ1) is 21.2. The van der Waals surface area contributed by atoms with Crippen LogP contribution in [-0.4, -0.2) is 29.9 Å². The molecule has 0 unspecified atom stereocenters. The molecule has 3 heterocycles. The molecule has 37 heavy (non-hydrogen) atoms. The minimum absolute atomic E-state index is 0.527. The molecule has 7 rings (SSSR count). The highest BCUT2D eigenvalue weighted by molar-refractivity contribution is 5.80. The minimum Gasteiger partial charge on any atom is -0.252 e. The Morgan fingerprint density at radius 2 is 1.11 bits per heavy atom. The standard InChI is InChI=1S/C31H20N6/c1-3-9-20(10-4-1)29-35-30(21-11-5-2-6-12-21)37-31(36-29)26-16-15-23(18-32-26)27-25-17-22-13-7-8-14-24(22)28(25)34-19-33-27/h1-16,18-19H,17H2. The summed E-state index contributed by atoms with van der Waals surface area (Å²) in [4.78, 5) is 28.3. The van der Waals surface area contributed by atoms with Crippen LogP contribution in [0.1, 0.15) is 11.1 Å². The van der Waals surface area contributed by atoms with Crippen molar-refractivity contribution in [2.75, 3.05) is 0 Å². The van der Waals surface area contributed by atoms with Crippen LogP contribution in [0.15, 0.2) is 110 Å². The zero-order chi connectivity index (χ0) is 24.6. The normalized spacial score (nSPS) is 11.7. The Morgan fingerprint density at radius 1 is 0.486 bits per heavy atom. The molecule has 3 aromatic heterocycles. The van der Waals surface area contributed by atoms with Gasteiger partial charge in [-0.05, 0) is 17.7 Å². The van der Waals surface area contributed by atoms with E-state index >= 15 is 0 Å². The number of hydrogen-bond donors (Lipinski definition) is 0. The Balaban J connectivity index is 1.30. The predicted octanol–water partition coefficient (Wildman–Crippen LogP) is 6.30. The molecule has 6 heteroatoms. The summed E-state index contributed by atoms with van der Waals surface area (Å²) in [6, 6.07) is 32.2. The molecule has 174 valence electrons. The van der Waals surface area contributed by atoms with E-state index < -0.39 is 0 Å². The molecule has 0 radical (unpaired) electrons. The molecule has 1 aliphatic carbocycles. The van der Waals surface area contributed by atoms with Crippen LogP contribution >= 0.6 is 0 Å². The fourth-order valence-electron chi connectivity index (χ4n) is 4.75. The summed E-state index contributed by atoms with van der Waals surface area (Å²) in [5.41, 5.74) is 8.97. The Morgan fingerprint density at radius 3 is 1.78 bits per heavy atom. The fraction of sp³-hybridized carbons (Fsp3) is 0.0323. The smallest absolute Gasteiger partial charge is 0.182 e. The van der Waals surface area contributed by atoms with Crippen molar-refractivity contribution >= 4 is 0 Å². The molecule has 0 amide bonds. The number of rotatable bonds is 4. The summed E-state index contributed by atoms with van der Waals surface area (Å²) in [7, 11) is 0. The lowest BCUT2D eigenvalue weighted by atomic mass is 10.1. The number of aromatic nitrogens is 6. The largest absolute Gasteiger partial charge is 0.252 e. The highest BCUT2D eigenvalue weighted by Crippen LogP contribution is 2.39. The molecule has 0 saturated carbocycles. The van der Waals surface area contributed by atoms with Gasteiger partial charge in [0.15, 0.2) is 17.5 Å². The van der Waals surface area contributed by atoms with Crippen LogP contribution in [0, 0.1) is 0 Å². The first-order valence-electron chi connectivity index (χ1n) is 12.1. The van der Waals surface area contributed by atoms with Gasteiger partial charge in [-0.3, -0.25) is 4.98 Å². The van der Waals surface area contributed by atoms with Gasteiger partial charge < -0.3 is 0 Å². The van der Waals surface area contributed by atoms with Gasteiger partial charge in [0.25, 0.3) is 0 Å². The van der Waals surface area contributed by atoms with Crippen LogP contribution in [0.5, 0.6) is 0 Å². The van der Waals surface area contributed by atoms with Gasteiger partial charge >= 0.3 is 0 Å². The first-order valence-corrected chi connectivity index (χ1v) is 12.1. The van der Waals surface area contributed by atoms with Gasteiger partial charge in [0.2, 0.25) is 0 Å². The number of hydrogen-bond acceptors (Lipinski definition) is 6. The van der Waals surface area contributed by atoms with E-state index in [1.165, 1.54) is 11.1 Å². The Hall–Kier alpha value is -5.10. The van der Waals surface area contributed by atoms with Crippen molar-refractivity contribution in [2.24, 2.45) is 0 Å². The number of pyridine rings is 1. The van der Waals surface area contributed by atoms with Crippen LogP contribution in [0.3, 0.4) is 0 Å². The van der Waals surface area contributed by atoms with Crippen LogP contribution < -0.4 is 0 Å². The summed E-state index contributed by atoms with van der Waals surface area (Å²) in [6.45, 7) is 0. The van der Waals surface area contributed by atoms with E-state index in [9.17, 15) is 0 Å². The zero-order valence-electron chi connectivity index (χ0n) is 19.8. The maximum absolute atomic E-state index is 4.78. The van der Waals surface area contributed by atoms with Gasteiger partial charge in [-0.25, -0.2) is 24.9 Å². The van der Waals surface area contributed by atoms with E-state index in [2.05, 4.69) is 28.2 Å². The van der Waals surface area contributed by atoms with E-state index in [0.717, 1.165) is 40.1 Å². The first-order chi connectivity index (χ1) is 18.3. The molecule has 0 bridgehead atoms. The van der Waals surface area contributed by atoms with Gasteiger partial charge in [0, 0.05) is 40.4 Å². The van der Waals surface area contributed by atoms with Crippen LogP contribution in [0.4, 0.5) is 0 Å². The second kappa shape index (κ2) is 8.84. The molecule has 0 atom stereocenters. The molecule has 0 fully saturated rings. The lowest BCUT2D eigenvalue weighted by Crippen LogP contribution is -2.01. The second-order valence-corrected chi connectivity index (χ2v) is 8.85. The molecule has 0 saturated heterocycles. The quantitative estimate of drug-likeness (QED) is 0.297. The van der Waals surface area contributed by atoms with Crippen molar-refractivity contribution < 1.29 is 0 Å². The average molecular weight is 477 g/mol. The van der Waals surface area contributed by atoms with Crippen LogP contribution in [-0.2, 0) is 6.42 Å². The molecule has 0 N–H and O–H groups in total. The van der Waals surface area contributed by atoms with Crippen molar-refractivity contribution in [1.82, 2.24) is 29.9 Å². The summed E-state index contributed by atoms with van der Waals surface area (Å²) < 4.78 is 0. The van der Waals surface area contributed by atoms with Gasteiger partial charge in [-0.1, -0.05) is 84.9 Å². The van der Waals surface area contributed by atoms with Crippen molar-refractivity contribution in [2.45, 2.75) is 6.42 Å². The Bertz CT molecular complexity index is 1670. The third-order valence-corrected chi connectivity index (χ3v) is 6.55. The van der Waals surface area contributed by atoms with E-state index in [1.54, 1.807) is 6.33 Å². The lowest BCUT2D eigenvalue weighted by molar-refractivity contribution is 1.06. The van der Waals surface area contributed by atoms with Gasteiger partial charge in [0.1, 0.15) is 12.0 Å². The summed E-state index contributed by atoms with van der Waals surface area (Å²) >= 11 is 0. The minimum atomic E-state index is 0.527. The fourth-order valence-corrected chi connectivity index (χ4v) is 4.75. The van der Waals surface area contributed by atoms with Crippen LogP contribution in [0.25, 0.3) is 56.8 Å². The van der Waals surface area contributed by atoms with Crippen molar-refractivity contribution in [1.29, 1.82) is 0 Å². The van der Waals surface area contributed by atoms with Crippen molar-refractivity contribution in [3.63, 3.8) is 0 Å². The van der Waals surface area contributed by atoms with Crippen molar-refractivity contribution in [3.05, 3.63) is 121 Å². The topological polar surface area (TPSA) is 77.3 Å². The van der Waals surface area contributed by atoms with E-state index in [1.807, 2.05) is 85.1 Å². The summed E-state index contributed by atoms with van der Waals surface area (Å²) in [6.07, 6.45) is 4.29. The number of fused-ring (bicyclic) bond motifs is 3. The highest BCUT2D eigenvalue weighted by atomic mass is 15.0. The van der Waals surface area contributed by atoms with Crippen LogP contribution in [0.2, 0.25) is 0 Å². The molecule has 3 aromatic carbocycles. The van der Waals surface area contributed by atoms with Gasteiger partial charge in [-0.15, -0.1) is 0 Å². The van der Waals surface area contributed by atoms with E-state index in [-0.39, 0.29) is 0 Å². The van der Waals surface area contributed by atoms with E-state index in [4.69, 9.17) is 19.9 Å². The molecular formula is C31H20N6. The number of nitrogens with zero attached hydrogens (tertiary/aromatic N) is 6. The van der Waals surface area contributed by atoms with Gasteiger partial charge in [-0.2, -0.15) is 0 Å². The monoisotopic (exact) mass is 476 g/mol. The third kappa shape index (κ3) is 3.85. The van der Waals surface area contributed by atoms with Crippen molar-refractivity contribution in [3.8, 4) is 56.8 Å². The third-order valence-electron chi connectivity index (χ3n) is 6.55. The summed E-state index contributed by atoms with van der Waals surface area (Å²) in [5, 5.41) is 0. The molecule has 0 aliphatic heterocycles. The second-order valence-electron chi connectivity index (χ2n) is 8.85. The SMILES string of the molecule is c1ccc(-c2nc(-c3ccccc3)nc(-c3ccc(-c4ncnc5c4Cc4ccccc4-5)cn3)n2)cc1. The maximum Gasteiger partial charge on any atom is 0.182 e. The molecular weight excluding hydrogens is 456 g/mol. The molecule has 6 nitrogen and oxygen atoms in total. The molecule has 1 aliphatic rings. The Kier molecular flexibility index (Phi) is 5.07. The Labute approximate surface area is 213 Å².